The highest BCUT2D eigenvalue weighted by Crippen LogP contribution is 2.10. The predicted molar refractivity (Wildman–Crippen MR) is 75.7 cm³/mol. The lowest BCUT2D eigenvalue weighted by Gasteiger charge is -2.18. The first-order valence-corrected chi connectivity index (χ1v) is 7.47. The normalized spacial score (nSPS) is 14.1. The molecule has 0 spiro atoms. The molecular weight excluding hydrogens is 244 g/mol. The van der Waals surface area contributed by atoms with Crippen LogP contribution in [0.2, 0.25) is 0 Å². The topological polar surface area (TPSA) is 44.8 Å². The van der Waals surface area contributed by atoms with Gasteiger partial charge in [-0.15, -0.1) is 0 Å². The lowest BCUT2D eigenvalue weighted by atomic mass is 10.1. The van der Waals surface area contributed by atoms with Crippen LogP contribution >= 0.6 is 0 Å². The van der Waals surface area contributed by atoms with Crippen LogP contribution in [0, 0.1) is 0 Å². The number of hydrogen-bond acceptors (Lipinski definition) is 4. The van der Waals surface area contributed by atoms with E-state index in [9.17, 15) is 4.79 Å². The van der Waals surface area contributed by atoms with Gasteiger partial charge in [0.2, 0.25) is 6.29 Å². The van der Waals surface area contributed by atoms with Gasteiger partial charge in [0, 0.05) is 13.5 Å². The fourth-order valence-corrected chi connectivity index (χ4v) is 1.82. The van der Waals surface area contributed by atoms with Crippen molar-refractivity contribution in [3.63, 3.8) is 0 Å². The average molecular weight is 274 g/mol. The van der Waals surface area contributed by atoms with E-state index in [0.29, 0.717) is 6.42 Å². The third kappa shape index (κ3) is 12.2. The van der Waals surface area contributed by atoms with Crippen LogP contribution in [-0.4, -0.2) is 25.7 Å². The molecule has 0 saturated carbocycles. The minimum absolute atomic E-state index is 0.190. The highest BCUT2D eigenvalue weighted by molar-refractivity contribution is 5.69. The quantitative estimate of drug-likeness (QED) is 0.306. The fraction of sp³-hybridized carbons (Fsp3) is 0.933. The zero-order valence-electron chi connectivity index (χ0n) is 12.9. The smallest absolute Gasteiger partial charge is 0.308 e. The maximum Gasteiger partial charge on any atom is 0.308 e. The molecule has 4 heteroatoms. The molecule has 0 N–H and O–H groups in total. The van der Waals surface area contributed by atoms with Crippen molar-refractivity contribution >= 4 is 5.97 Å². The van der Waals surface area contributed by atoms with Crippen molar-refractivity contribution in [3.8, 4) is 0 Å². The molecule has 0 aromatic rings. The first-order valence-electron chi connectivity index (χ1n) is 7.47. The maximum atomic E-state index is 11.5. The van der Waals surface area contributed by atoms with E-state index in [2.05, 4.69) is 6.92 Å². The maximum absolute atomic E-state index is 11.5. The van der Waals surface area contributed by atoms with Crippen LogP contribution in [0.5, 0.6) is 0 Å². The van der Waals surface area contributed by atoms with Gasteiger partial charge in [-0.05, 0) is 20.3 Å². The van der Waals surface area contributed by atoms with E-state index in [1.807, 2.05) is 0 Å². The SMILES string of the molecule is CCCCCCCCCC(=O)OC(C)OC(C)OC. The van der Waals surface area contributed by atoms with Crippen LogP contribution in [0.4, 0.5) is 0 Å². The van der Waals surface area contributed by atoms with Gasteiger partial charge in [0.25, 0.3) is 0 Å². The summed E-state index contributed by atoms with van der Waals surface area (Å²) in [5.74, 6) is -0.190. The first-order chi connectivity index (χ1) is 9.10. The molecule has 0 aliphatic heterocycles. The zero-order valence-corrected chi connectivity index (χ0v) is 12.9. The molecule has 0 aromatic carbocycles. The molecule has 0 bridgehead atoms. The van der Waals surface area contributed by atoms with Gasteiger partial charge in [0.1, 0.15) is 0 Å². The Morgan fingerprint density at radius 3 is 2.11 bits per heavy atom. The van der Waals surface area contributed by atoms with E-state index in [1.54, 1.807) is 21.0 Å². The summed E-state index contributed by atoms with van der Waals surface area (Å²) in [5.41, 5.74) is 0. The van der Waals surface area contributed by atoms with Gasteiger partial charge in [-0.25, -0.2) is 0 Å². The number of methoxy groups -OCH3 is 1. The van der Waals surface area contributed by atoms with Crippen molar-refractivity contribution < 1.29 is 19.0 Å². The molecule has 114 valence electrons. The lowest BCUT2D eigenvalue weighted by molar-refractivity contribution is -0.222. The van der Waals surface area contributed by atoms with E-state index >= 15 is 0 Å². The Kier molecular flexibility index (Phi) is 12.0. The van der Waals surface area contributed by atoms with Crippen molar-refractivity contribution in [1.29, 1.82) is 0 Å². The molecule has 0 radical (unpaired) electrons. The molecule has 0 aliphatic carbocycles. The summed E-state index contributed by atoms with van der Waals surface area (Å²) in [5, 5.41) is 0. The second-order valence-electron chi connectivity index (χ2n) is 4.87. The molecule has 0 heterocycles. The molecule has 4 nitrogen and oxygen atoms in total. The monoisotopic (exact) mass is 274 g/mol. The Bertz CT molecular complexity index is 218. The van der Waals surface area contributed by atoms with Crippen molar-refractivity contribution in [2.24, 2.45) is 0 Å². The van der Waals surface area contributed by atoms with E-state index in [-0.39, 0.29) is 12.3 Å². The Morgan fingerprint density at radius 1 is 0.947 bits per heavy atom. The third-order valence-corrected chi connectivity index (χ3v) is 3.00. The molecule has 2 atom stereocenters. The van der Waals surface area contributed by atoms with Crippen molar-refractivity contribution in [3.05, 3.63) is 0 Å². The predicted octanol–water partition coefficient (Wildman–Crippen LogP) is 4.03. The zero-order chi connectivity index (χ0) is 14.5. The van der Waals surface area contributed by atoms with Crippen molar-refractivity contribution in [2.75, 3.05) is 7.11 Å². The number of unbranched alkanes of at least 4 members (excludes halogenated alkanes) is 6. The van der Waals surface area contributed by atoms with Crippen LogP contribution in [0.3, 0.4) is 0 Å². The molecule has 0 saturated heterocycles. The minimum Gasteiger partial charge on any atom is -0.436 e. The van der Waals surface area contributed by atoms with E-state index < -0.39 is 6.29 Å². The summed E-state index contributed by atoms with van der Waals surface area (Å²) in [7, 11) is 1.55. The van der Waals surface area contributed by atoms with Crippen LogP contribution in [-0.2, 0) is 19.0 Å². The summed E-state index contributed by atoms with van der Waals surface area (Å²) >= 11 is 0. The fourth-order valence-electron chi connectivity index (χ4n) is 1.82. The Balaban J connectivity index is 3.43. The standard InChI is InChI=1S/C15H30O4/c1-5-6-7-8-9-10-11-12-15(16)19-14(3)18-13(2)17-4/h13-14H,5-12H2,1-4H3. The van der Waals surface area contributed by atoms with Gasteiger partial charge >= 0.3 is 5.97 Å². The van der Waals surface area contributed by atoms with Gasteiger partial charge in [0.15, 0.2) is 6.29 Å². The van der Waals surface area contributed by atoms with Gasteiger partial charge < -0.3 is 14.2 Å². The molecule has 0 fully saturated rings. The minimum atomic E-state index is -0.549. The van der Waals surface area contributed by atoms with Crippen molar-refractivity contribution in [1.82, 2.24) is 0 Å². The van der Waals surface area contributed by atoms with Crippen LogP contribution < -0.4 is 0 Å². The number of esters is 1. The summed E-state index contributed by atoms with van der Waals surface area (Å²) in [4.78, 5) is 11.5. The van der Waals surface area contributed by atoms with Gasteiger partial charge in [-0.1, -0.05) is 45.4 Å². The second kappa shape index (κ2) is 12.4. The van der Waals surface area contributed by atoms with Crippen LogP contribution in [0.1, 0.15) is 72.1 Å². The molecular formula is C15H30O4. The highest BCUT2D eigenvalue weighted by atomic mass is 16.8. The molecule has 0 amide bonds. The number of rotatable bonds is 12. The Morgan fingerprint density at radius 2 is 1.53 bits per heavy atom. The van der Waals surface area contributed by atoms with E-state index in [1.165, 1.54) is 32.1 Å². The molecule has 19 heavy (non-hydrogen) atoms. The van der Waals surface area contributed by atoms with E-state index in [4.69, 9.17) is 14.2 Å². The summed E-state index contributed by atoms with van der Waals surface area (Å²) in [6, 6.07) is 0. The van der Waals surface area contributed by atoms with Crippen LogP contribution in [0.25, 0.3) is 0 Å². The largest absolute Gasteiger partial charge is 0.436 e. The molecule has 2 unspecified atom stereocenters. The molecule has 0 aliphatic rings. The second-order valence-corrected chi connectivity index (χ2v) is 4.87. The molecule has 0 aromatic heterocycles. The first kappa shape index (κ1) is 18.4. The Labute approximate surface area is 117 Å². The highest BCUT2D eigenvalue weighted by Gasteiger charge is 2.12. The number of carbonyl (C=O) groups is 1. The van der Waals surface area contributed by atoms with Gasteiger partial charge in [-0.3, -0.25) is 4.79 Å². The summed E-state index contributed by atoms with van der Waals surface area (Å²) < 4.78 is 15.3. The molecule has 0 rings (SSSR count). The number of hydrogen-bond donors (Lipinski definition) is 0. The van der Waals surface area contributed by atoms with E-state index in [0.717, 1.165) is 12.8 Å². The summed E-state index contributed by atoms with van der Waals surface area (Å²) in [6.45, 7) is 5.68. The third-order valence-electron chi connectivity index (χ3n) is 3.00. The van der Waals surface area contributed by atoms with Gasteiger partial charge in [-0.2, -0.15) is 0 Å². The van der Waals surface area contributed by atoms with Crippen molar-refractivity contribution in [2.45, 2.75) is 84.7 Å². The number of ether oxygens (including phenoxy) is 3. The average Bonchev–Trinajstić information content (AvgIpc) is 2.37. The van der Waals surface area contributed by atoms with Crippen LogP contribution in [0.15, 0.2) is 0 Å². The van der Waals surface area contributed by atoms with Gasteiger partial charge in [0.05, 0.1) is 0 Å². The lowest BCUT2D eigenvalue weighted by Crippen LogP contribution is -2.23. The number of carbonyl (C=O) groups excluding carboxylic acids is 1. The Hall–Kier alpha value is -0.610. The summed E-state index contributed by atoms with van der Waals surface area (Å²) in [6.07, 6.45) is 7.93.